The summed E-state index contributed by atoms with van der Waals surface area (Å²) in [5, 5.41) is 2.90. The minimum absolute atomic E-state index is 0.232. The Labute approximate surface area is 147 Å². The largest absolute Gasteiger partial charge is 0.495 e. The number of hydrogen-bond acceptors (Lipinski definition) is 5. The van der Waals surface area contributed by atoms with Gasteiger partial charge in [0.2, 0.25) is 10.0 Å². The topological polar surface area (TPSA) is 59.5 Å². The predicted molar refractivity (Wildman–Crippen MR) is 96.1 cm³/mol. The van der Waals surface area contributed by atoms with E-state index in [2.05, 4.69) is 4.98 Å². The molecular formula is C17H22N2O3S2. The van der Waals surface area contributed by atoms with Crippen molar-refractivity contribution in [3.05, 3.63) is 28.6 Å². The summed E-state index contributed by atoms with van der Waals surface area (Å²) >= 11 is 1.55. The van der Waals surface area contributed by atoms with E-state index in [-0.39, 0.29) is 4.90 Å². The normalized spacial score (nSPS) is 16.8. The first-order valence-electron chi connectivity index (χ1n) is 8.13. The van der Waals surface area contributed by atoms with Crippen LogP contribution < -0.4 is 4.74 Å². The highest BCUT2D eigenvalue weighted by molar-refractivity contribution is 7.89. The second kappa shape index (κ2) is 7.21. The van der Waals surface area contributed by atoms with E-state index < -0.39 is 10.0 Å². The maximum Gasteiger partial charge on any atom is 0.246 e. The molecule has 1 aliphatic heterocycles. The lowest BCUT2D eigenvalue weighted by atomic mass is 10.2. The van der Waals surface area contributed by atoms with Gasteiger partial charge in [-0.2, -0.15) is 4.31 Å². The summed E-state index contributed by atoms with van der Waals surface area (Å²) in [6.07, 6.45) is 3.99. The van der Waals surface area contributed by atoms with Gasteiger partial charge in [0.25, 0.3) is 0 Å². The number of rotatable bonds is 4. The monoisotopic (exact) mass is 366 g/mol. The van der Waals surface area contributed by atoms with Crippen LogP contribution in [0.15, 0.2) is 28.5 Å². The summed E-state index contributed by atoms with van der Waals surface area (Å²) in [5.74, 6) is 0.384. The molecule has 2 heterocycles. The lowest BCUT2D eigenvalue weighted by Crippen LogP contribution is -2.32. The quantitative estimate of drug-likeness (QED) is 0.828. The summed E-state index contributed by atoms with van der Waals surface area (Å²) in [7, 11) is -2.06. The third-order valence-corrected chi connectivity index (χ3v) is 6.95. The fourth-order valence-electron chi connectivity index (χ4n) is 2.95. The van der Waals surface area contributed by atoms with Crippen LogP contribution in [0.1, 0.15) is 30.7 Å². The molecule has 130 valence electrons. The molecule has 24 heavy (non-hydrogen) atoms. The fraction of sp³-hybridized carbons (Fsp3) is 0.471. The molecule has 0 unspecified atom stereocenters. The van der Waals surface area contributed by atoms with Crippen LogP contribution >= 0.6 is 11.3 Å². The SMILES string of the molecule is COc1ccc(-c2csc(C)n2)cc1S(=O)(=O)N1CCCCCC1. The van der Waals surface area contributed by atoms with Gasteiger partial charge in [-0.25, -0.2) is 13.4 Å². The van der Waals surface area contributed by atoms with Crippen LogP contribution in [0.2, 0.25) is 0 Å². The summed E-state index contributed by atoms with van der Waals surface area (Å²) < 4.78 is 33.2. The standard InChI is InChI=1S/C17H22N2O3S2/c1-13-18-15(12-23-13)14-7-8-16(22-2)17(11-14)24(20,21)19-9-5-3-4-6-10-19/h7-8,11-12H,3-6,9-10H2,1-2H3. The lowest BCUT2D eigenvalue weighted by molar-refractivity contribution is 0.391. The number of thiazole rings is 1. The second-order valence-electron chi connectivity index (χ2n) is 5.94. The molecular weight excluding hydrogens is 344 g/mol. The molecule has 0 atom stereocenters. The maximum atomic E-state index is 13.1. The Morgan fingerprint density at radius 2 is 1.88 bits per heavy atom. The van der Waals surface area contributed by atoms with Crippen molar-refractivity contribution in [2.24, 2.45) is 0 Å². The molecule has 1 aliphatic rings. The van der Waals surface area contributed by atoms with Crippen molar-refractivity contribution in [1.82, 2.24) is 9.29 Å². The van der Waals surface area contributed by atoms with Crippen molar-refractivity contribution in [3.63, 3.8) is 0 Å². The summed E-state index contributed by atoms with van der Waals surface area (Å²) in [5.41, 5.74) is 1.60. The number of nitrogens with zero attached hydrogens (tertiary/aromatic N) is 2. The Balaban J connectivity index is 2.04. The second-order valence-corrected chi connectivity index (χ2v) is 8.90. The van der Waals surface area contributed by atoms with E-state index in [0.717, 1.165) is 41.9 Å². The van der Waals surface area contributed by atoms with E-state index in [4.69, 9.17) is 4.74 Å². The van der Waals surface area contributed by atoms with Crippen LogP contribution in [-0.4, -0.2) is 37.9 Å². The molecule has 2 aromatic rings. The Bertz CT molecular complexity index is 807. The average molecular weight is 367 g/mol. The Morgan fingerprint density at radius 1 is 1.17 bits per heavy atom. The highest BCUT2D eigenvalue weighted by atomic mass is 32.2. The molecule has 3 rings (SSSR count). The van der Waals surface area contributed by atoms with Crippen molar-refractivity contribution in [2.75, 3.05) is 20.2 Å². The van der Waals surface area contributed by atoms with E-state index in [1.807, 2.05) is 18.4 Å². The summed E-state index contributed by atoms with van der Waals surface area (Å²) in [6, 6.07) is 5.26. The number of hydrogen-bond donors (Lipinski definition) is 0. The molecule has 0 amide bonds. The van der Waals surface area contributed by atoms with Crippen LogP contribution in [0.5, 0.6) is 5.75 Å². The number of methoxy groups -OCH3 is 1. The zero-order valence-corrected chi connectivity index (χ0v) is 15.6. The maximum absolute atomic E-state index is 13.1. The van der Waals surface area contributed by atoms with Crippen molar-refractivity contribution in [3.8, 4) is 17.0 Å². The van der Waals surface area contributed by atoms with Gasteiger partial charge in [0.15, 0.2) is 0 Å². The van der Waals surface area contributed by atoms with E-state index >= 15 is 0 Å². The van der Waals surface area contributed by atoms with E-state index in [1.165, 1.54) is 7.11 Å². The van der Waals surface area contributed by atoms with Gasteiger partial charge in [-0.15, -0.1) is 11.3 Å². The van der Waals surface area contributed by atoms with Crippen LogP contribution in [-0.2, 0) is 10.0 Å². The molecule has 0 saturated carbocycles. The molecule has 7 heteroatoms. The van der Waals surface area contributed by atoms with Gasteiger partial charge in [-0.1, -0.05) is 12.8 Å². The van der Waals surface area contributed by atoms with Crippen LogP contribution in [0.25, 0.3) is 11.3 Å². The van der Waals surface area contributed by atoms with Crippen molar-refractivity contribution < 1.29 is 13.2 Å². The average Bonchev–Trinajstić information content (AvgIpc) is 2.84. The number of sulfonamides is 1. The van der Waals surface area contributed by atoms with Crippen molar-refractivity contribution in [1.29, 1.82) is 0 Å². The van der Waals surface area contributed by atoms with Gasteiger partial charge in [-0.05, 0) is 38.0 Å². The summed E-state index contributed by atoms with van der Waals surface area (Å²) in [6.45, 7) is 3.09. The minimum atomic E-state index is -3.57. The molecule has 0 spiro atoms. The molecule has 0 N–H and O–H groups in total. The first kappa shape index (κ1) is 17.4. The van der Waals surface area contributed by atoms with Gasteiger partial charge in [0.05, 0.1) is 17.8 Å². The Kier molecular flexibility index (Phi) is 5.22. The van der Waals surface area contributed by atoms with Crippen LogP contribution in [0.3, 0.4) is 0 Å². The highest BCUT2D eigenvalue weighted by Gasteiger charge is 2.28. The highest BCUT2D eigenvalue weighted by Crippen LogP contribution is 2.33. The molecule has 0 bridgehead atoms. The van der Waals surface area contributed by atoms with Gasteiger partial charge >= 0.3 is 0 Å². The van der Waals surface area contributed by atoms with E-state index in [9.17, 15) is 8.42 Å². The first-order chi connectivity index (χ1) is 11.5. The van der Waals surface area contributed by atoms with Gasteiger partial charge in [0, 0.05) is 24.0 Å². The number of benzene rings is 1. The van der Waals surface area contributed by atoms with Crippen LogP contribution in [0.4, 0.5) is 0 Å². The Hall–Kier alpha value is -1.44. The predicted octanol–water partition coefficient (Wildman–Crippen LogP) is 3.69. The Morgan fingerprint density at radius 3 is 2.46 bits per heavy atom. The molecule has 1 fully saturated rings. The summed E-state index contributed by atoms with van der Waals surface area (Å²) in [4.78, 5) is 4.69. The van der Waals surface area contributed by atoms with E-state index in [0.29, 0.717) is 18.8 Å². The molecule has 1 aromatic carbocycles. The zero-order valence-electron chi connectivity index (χ0n) is 14.0. The fourth-order valence-corrected chi connectivity index (χ4v) is 5.28. The molecule has 5 nitrogen and oxygen atoms in total. The lowest BCUT2D eigenvalue weighted by Gasteiger charge is -2.21. The number of aromatic nitrogens is 1. The van der Waals surface area contributed by atoms with Crippen molar-refractivity contribution in [2.45, 2.75) is 37.5 Å². The van der Waals surface area contributed by atoms with Crippen molar-refractivity contribution >= 4 is 21.4 Å². The number of aryl methyl sites for hydroxylation is 1. The number of ether oxygens (including phenoxy) is 1. The zero-order chi connectivity index (χ0) is 17.2. The third kappa shape index (κ3) is 3.48. The van der Waals surface area contributed by atoms with Crippen LogP contribution in [0, 0.1) is 6.92 Å². The first-order valence-corrected chi connectivity index (χ1v) is 10.4. The van der Waals surface area contributed by atoms with Gasteiger partial charge in [-0.3, -0.25) is 0 Å². The molecule has 1 aromatic heterocycles. The molecule has 1 saturated heterocycles. The molecule has 0 radical (unpaired) electrons. The van der Waals surface area contributed by atoms with Gasteiger partial charge < -0.3 is 4.74 Å². The van der Waals surface area contributed by atoms with E-state index in [1.54, 1.807) is 27.8 Å². The third-order valence-electron chi connectivity index (χ3n) is 4.26. The minimum Gasteiger partial charge on any atom is -0.495 e. The van der Waals surface area contributed by atoms with Gasteiger partial charge in [0.1, 0.15) is 10.6 Å². The smallest absolute Gasteiger partial charge is 0.246 e. The molecule has 0 aliphatic carbocycles.